The maximum absolute atomic E-state index is 12.6. The van der Waals surface area contributed by atoms with E-state index in [2.05, 4.69) is 10.3 Å². The van der Waals surface area contributed by atoms with Gasteiger partial charge in [0.25, 0.3) is 0 Å². The molecule has 0 radical (unpaired) electrons. The summed E-state index contributed by atoms with van der Waals surface area (Å²) >= 11 is 1.39. The lowest BCUT2D eigenvalue weighted by atomic mass is 10.2. The molecule has 5 nitrogen and oxygen atoms in total. The third kappa shape index (κ3) is 3.75. The van der Waals surface area contributed by atoms with Crippen LogP contribution in [0.2, 0.25) is 0 Å². The summed E-state index contributed by atoms with van der Waals surface area (Å²) in [6, 6.07) is 3.83. The molecule has 0 spiro atoms. The van der Waals surface area contributed by atoms with E-state index < -0.39 is 5.25 Å². The summed E-state index contributed by atoms with van der Waals surface area (Å²) in [4.78, 5) is 30.6. The Morgan fingerprint density at radius 1 is 1.52 bits per heavy atom. The van der Waals surface area contributed by atoms with Crippen LogP contribution in [0.3, 0.4) is 0 Å². The number of hydrogen-bond acceptors (Lipinski definition) is 4. The van der Waals surface area contributed by atoms with Gasteiger partial charge >= 0.3 is 0 Å². The molecular formula is C15H21N3O2S. The number of carbonyl (C=O) groups is 2. The van der Waals surface area contributed by atoms with E-state index in [4.69, 9.17) is 0 Å². The van der Waals surface area contributed by atoms with Gasteiger partial charge in [0.05, 0.1) is 10.9 Å². The molecule has 1 atom stereocenters. The first-order valence-corrected chi connectivity index (χ1v) is 8.13. The molecule has 1 aromatic rings. The summed E-state index contributed by atoms with van der Waals surface area (Å²) in [6.45, 7) is 6.51. The van der Waals surface area contributed by atoms with E-state index in [0.29, 0.717) is 6.54 Å². The summed E-state index contributed by atoms with van der Waals surface area (Å²) in [5, 5.41) is 3.27. The number of thioether (sulfide) groups is 1. The second-order valence-corrected chi connectivity index (χ2v) is 6.54. The monoisotopic (exact) mass is 307 g/mol. The van der Waals surface area contributed by atoms with Crippen molar-refractivity contribution in [2.45, 2.75) is 49.9 Å². The molecule has 114 valence electrons. The first kappa shape index (κ1) is 15.8. The van der Waals surface area contributed by atoms with Crippen LogP contribution in [0.5, 0.6) is 0 Å². The molecule has 0 fully saturated rings. The number of fused-ring (bicyclic) bond motifs is 1. The van der Waals surface area contributed by atoms with E-state index >= 15 is 0 Å². The minimum Gasteiger partial charge on any atom is -0.354 e. The fourth-order valence-electron chi connectivity index (χ4n) is 2.29. The van der Waals surface area contributed by atoms with Crippen molar-refractivity contribution in [2.24, 2.45) is 0 Å². The van der Waals surface area contributed by atoms with Gasteiger partial charge < -0.3 is 10.2 Å². The van der Waals surface area contributed by atoms with Gasteiger partial charge in [0.2, 0.25) is 11.8 Å². The highest BCUT2D eigenvalue weighted by atomic mass is 32.2. The number of nitrogens with one attached hydrogen (secondary N) is 1. The molecule has 6 heteroatoms. The molecule has 2 amide bonds. The third-order valence-electron chi connectivity index (χ3n) is 3.10. The summed E-state index contributed by atoms with van der Waals surface area (Å²) in [7, 11) is 0. The Morgan fingerprint density at radius 2 is 2.29 bits per heavy atom. The average Bonchev–Trinajstić information content (AvgIpc) is 2.42. The Morgan fingerprint density at radius 3 is 2.95 bits per heavy atom. The van der Waals surface area contributed by atoms with Gasteiger partial charge in [-0.2, -0.15) is 0 Å². The highest BCUT2D eigenvalue weighted by Gasteiger charge is 2.35. The molecule has 1 aliphatic rings. The van der Waals surface area contributed by atoms with Gasteiger partial charge in [-0.15, -0.1) is 0 Å². The van der Waals surface area contributed by atoms with Gasteiger partial charge in [0.15, 0.2) is 0 Å². The second-order valence-electron chi connectivity index (χ2n) is 5.35. The zero-order chi connectivity index (χ0) is 15.4. The van der Waals surface area contributed by atoms with Crippen molar-refractivity contribution < 1.29 is 9.59 Å². The predicted molar refractivity (Wildman–Crippen MR) is 84.4 cm³/mol. The number of nitrogens with zero attached hydrogens (tertiary/aromatic N) is 2. The molecule has 1 aromatic heterocycles. The largest absolute Gasteiger partial charge is 0.354 e. The van der Waals surface area contributed by atoms with Crippen LogP contribution in [0.1, 0.15) is 33.6 Å². The lowest BCUT2D eigenvalue weighted by molar-refractivity contribution is -0.125. The number of anilines is 1. The number of hydrogen-bond donors (Lipinski definition) is 1. The van der Waals surface area contributed by atoms with Crippen LogP contribution >= 0.6 is 11.8 Å². The van der Waals surface area contributed by atoms with E-state index in [0.717, 1.165) is 17.1 Å². The lowest BCUT2D eigenvalue weighted by Gasteiger charge is -2.32. The predicted octanol–water partition coefficient (Wildman–Crippen LogP) is 2.21. The minimum absolute atomic E-state index is 0.00116. The standard InChI is InChI=1S/C15H21N3O2S/c1-4-8-18-11-6-5-7-16-14(11)21-12(15(18)20)9-13(19)17-10(2)3/h5-7,10,12H,4,8-9H2,1-3H3,(H,17,19)/t12-/m1/s1. The molecule has 0 bridgehead atoms. The quantitative estimate of drug-likeness (QED) is 0.906. The van der Waals surface area contributed by atoms with Crippen LogP contribution in [-0.4, -0.2) is 34.6 Å². The average molecular weight is 307 g/mol. The van der Waals surface area contributed by atoms with Gasteiger partial charge in [-0.05, 0) is 32.4 Å². The lowest BCUT2D eigenvalue weighted by Crippen LogP contribution is -2.44. The smallest absolute Gasteiger partial charge is 0.241 e. The highest BCUT2D eigenvalue weighted by molar-refractivity contribution is 8.00. The molecule has 1 aliphatic heterocycles. The van der Waals surface area contributed by atoms with Gasteiger partial charge in [-0.1, -0.05) is 18.7 Å². The molecular weight excluding hydrogens is 286 g/mol. The van der Waals surface area contributed by atoms with Gasteiger partial charge in [0.1, 0.15) is 5.03 Å². The number of rotatable bonds is 5. The molecule has 0 aromatic carbocycles. The fraction of sp³-hybridized carbons (Fsp3) is 0.533. The molecule has 1 N–H and O–H groups in total. The van der Waals surface area contributed by atoms with E-state index in [-0.39, 0.29) is 24.3 Å². The SMILES string of the molecule is CCCN1C(=O)[C@@H](CC(=O)NC(C)C)Sc2ncccc21. The van der Waals surface area contributed by atoms with Crippen molar-refractivity contribution >= 4 is 29.3 Å². The highest BCUT2D eigenvalue weighted by Crippen LogP contribution is 2.38. The van der Waals surface area contributed by atoms with E-state index in [1.807, 2.05) is 32.9 Å². The van der Waals surface area contributed by atoms with Crippen molar-refractivity contribution in [3.63, 3.8) is 0 Å². The zero-order valence-electron chi connectivity index (χ0n) is 12.6. The van der Waals surface area contributed by atoms with Crippen LogP contribution in [0.25, 0.3) is 0 Å². The number of amides is 2. The Hall–Kier alpha value is -1.56. The number of pyridine rings is 1. The minimum atomic E-state index is -0.391. The topological polar surface area (TPSA) is 62.3 Å². The van der Waals surface area contributed by atoms with E-state index in [9.17, 15) is 9.59 Å². The summed E-state index contributed by atoms with van der Waals surface area (Å²) in [5.74, 6) is -0.0899. The molecule has 0 saturated heterocycles. The number of aromatic nitrogens is 1. The van der Waals surface area contributed by atoms with Crippen LogP contribution in [0.4, 0.5) is 5.69 Å². The Balaban J connectivity index is 2.18. The fourth-order valence-corrected chi connectivity index (χ4v) is 3.44. The third-order valence-corrected chi connectivity index (χ3v) is 4.30. The van der Waals surface area contributed by atoms with Gasteiger partial charge in [-0.3, -0.25) is 9.59 Å². The van der Waals surface area contributed by atoms with Crippen LogP contribution in [0.15, 0.2) is 23.4 Å². The molecule has 2 rings (SSSR count). The van der Waals surface area contributed by atoms with Crippen molar-refractivity contribution in [1.29, 1.82) is 0 Å². The van der Waals surface area contributed by atoms with Crippen molar-refractivity contribution in [1.82, 2.24) is 10.3 Å². The first-order chi connectivity index (χ1) is 10.0. The molecule has 0 saturated carbocycles. The normalized spacial score (nSPS) is 17.8. The Bertz CT molecular complexity index is 533. The maximum atomic E-state index is 12.6. The molecule has 21 heavy (non-hydrogen) atoms. The van der Waals surface area contributed by atoms with E-state index in [1.54, 1.807) is 11.1 Å². The molecule has 2 heterocycles. The first-order valence-electron chi connectivity index (χ1n) is 7.25. The Labute approximate surface area is 129 Å². The van der Waals surface area contributed by atoms with Crippen molar-refractivity contribution in [2.75, 3.05) is 11.4 Å². The van der Waals surface area contributed by atoms with Crippen LogP contribution < -0.4 is 10.2 Å². The van der Waals surface area contributed by atoms with Crippen LogP contribution in [0, 0.1) is 0 Å². The number of carbonyl (C=O) groups excluding carboxylic acids is 2. The van der Waals surface area contributed by atoms with Gasteiger partial charge in [-0.25, -0.2) is 4.98 Å². The Kier molecular flexibility index (Phi) is 5.22. The molecule has 0 aliphatic carbocycles. The van der Waals surface area contributed by atoms with Crippen molar-refractivity contribution in [3.8, 4) is 0 Å². The van der Waals surface area contributed by atoms with Crippen LogP contribution in [-0.2, 0) is 9.59 Å². The van der Waals surface area contributed by atoms with Gasteiger partial charge in [0, 0.05) is 25.2 Å². The van der Waals surface area contributed by atoms with Crippen molar-refractivity contribution in [3.05, 3.63) is 18.3 Å². The summed E-state index contributed by atoms with van der Waals surface area (Å²) < 4.78 is 0. The van der Waals surface area contributed by atoms with E-state index in [1.165, 1.54) is 11.8 Å². The zero-order valence-corrected chi connectivity index (χ0v) is 13.4. The molecule has 0 unspecified atom stereocenters. The second kappa shape index (κ2) is 6.93. The summed E-state index contributed by atoms with van der Waals surface area (Å²) in [6.07, 6.45) is 2.78. The summed E-state index contributed by atoms with van der Waals surface area (Å²) in [5.41, 5.74) is 0.856. The maximum Gasteiger partial charge on any atom is 0.241 e.